The Labute approximate surface area is 166 Å². The number of nitrogens with one attached hydrogen (secondary N) is 1. The molecule has 2 aromatic carbocycles. The first-order valence-corrected chi connectivity index (χ1v) is 7.96. The van der Waals surface area contributed by atoms with Gasteiger partial charge in [-0.05, 0) is 41.8 Å². The average Bonchev–Trinajstić information content (AvgIpc) is 2.60. The van der Waals surface area contributed by atoms with E-state index in [0.29, 0.717) is 18.1 Å². The molecule has 1 amide bonds. The molecule has 0 aliphatic rings. The summed E-state index contributed by atoms with van der Waals surface area (Å²) >= 11 is 0. The van der Waals surface area contributed by atoms with Crippen LogP contribution in [-0.4, -0.2) is 30.9 Å². The highest BCUT2D eigenvalue weighted by Gasteiger charge is 2.06. The fourth-order valence-corrected chi connectivity index (χ4v) is 2.24. The zero-order valence-electron chi connectivity index (χ0n) is 14.8. The lowest BCUT2D eigenvalue weighted by molar-refractivity contribution is 0.0827. The second-order valence-corrected chi connectivity index (χ2v) is 5.78. The molecule has 2 rings (SSSR count). The number of hydrogen-bond acceptors (Lipinski definition) is 2. The predicted octanol–water partition coefficient (Wildman–Crippen LogP) is 3.50. The van der Waals surface area contributed by atoms with Crippen LogP contribution >= 0.6 is 24.0 Å². The van der Waals surface area contributed by atoms with Crippen molar-refractivity contribution in [1.82, 2.24) is 4.90 Å². The molecule has 0 saturated heterocycles. The molecular formula is C19H25IN4O. The molecule has 0 aliphatic carbocycles. The summed E-state index contributed by atoms with van der Waals surface area (Å²) in [6, 6.07) is 15.5. The van der Waals surface area contributed by atoms with Gasteiger partial charge >= 0.3 is 0 Å². The van der Waals surface area contributed by atoms with Crippen molar-refractivity contribution in [2.75, 3.05) is 19.4 Å². The summed E-state index contributed by atoms with van der Waals surface area (Å²) in [5.41, 5.74) is 9.78. The van der Waals surface area contributed by atoms with Gasteiger partial charge in [-0.2, -0.15) is 0 Å². The van der Waals surface area contributed by atoms with Crippen LogP contribution in [0.5, 0.6) is 0 Å². The zero-order chi connectivity index (χ0) is 17.5. The third-order valence-corrected chi connectivity index (χ3v) is 3.65. The number of aryl methyl sites for hydroxylation is 1. The first kappa shape index (κ1) is 21.0. The topological polar surface area (TPSA) is 70.7 Å². The Kier molecular flexibility index (Phi) is 8.40. The van der Waals surface area contributed by atoms with E-state index in [4.69, 9.17) is 5.73 Å². The number of nitrogens with zero attached hydrogens (tertiary/aromatic N) is 2. The maximum absolute atomic E-state index is 11.8. The Bertz CT molecular complexity index is 726. The van der Waals surface area contributed by atoms with E-state index in [0.717, 1.165) is 17.7 Å². The van der Waals surface area contributed by atoms with Crippen molar-refractivity contribution in [2.45, 2.75) is 19.9 Å². The van der Waals surface area contributed by atoms with Gasteiger partial charge in [0.05, 0.1) is 6.54 Å². The second kappa shape index (κ2) is 10.0. The number of hydrogen-bond donors (Lipinski definition) is 2. The van der Waals surface area contributed by atoms with Crippen molar-refractivity contribution < 1.29 is 4.79 Å². The molecule has 25 heavy (non-hydrogen) atoms. The number of guanidine groups is 1. The Morgan fingerprint density at radius 1 is 1.12 bits per heavy atom. The van der Waals surface area contributed by atoms with Crippen molar-refractivity contribution in [1.29, 1.82) is 0 Å². The lowest BCUT2D eigenvalue weighted by Crippen LogP contribution is -2.22. The molecule has 2 aromatic rings. The lowest BCUT2D eigenvalue weighted by atomic mass is 10.1. The fraction of sp³-hybridized carbons (Fsp3) is 0.263. The zero-order valence-corrected chi connectivity index (χ0v) is 17.2. The van der Waals surface area contributed by atoms with E-state index in [1.54, 1.807) is 19.0 Å². The molecule has 0 saturated carbocycles. The SMILES string of the molecule is CCc1cccc(NC(N)=NCc2ccc(C(=O)N(C)C)cc2)c1.I. The summed E-state index contributed by atoms with van der Waals surface area (Å²) in [7, 11) is 3.47. The van der Waals surface area contributed by atoms with Crippen molar-refractivity contribution in [3.63, 3.8) is 0 Å². The van der Waals surface area contributed by atoms with Gasteiger partial charge in [-0.25, -0.2) is 4.99 Å². The van der Waals surface area contributed by atoms with Crippen molar-refractivity contribution >= 4 is 41.5 Å². The smallest absolute Gasteiger partial charge is 0.253 e. The molecule has 0 aliphatic heterocycles. The van der Waals surface area contributed by atoms with Crippen LogP contribution in [0.2, 0.25) is 0 Å². The lowest BCUT2D eigenvalue weighted by Gasteiger charge is -2.10. The number of halogens is 1. The molecule has 3 N–H and O–H groups in total. The maximum atomic E-state index is 11.8. The average molecular weight is 452 g/mol. The van der Waals surface area contributed by atoms with Crippen LogP contribution in [0.15, 0.2) is 53.5 Å². The Hall–Kier alpha value is -2.09. The van der Waals surface area contributed by atoms with Crippen LogP contribution in [0.25, 0.3) is 0 Å². The van der Waals surface area contributed by atoms with Gasteiger partial charge in [0.2, 0.25) is 0 Å². The molecule has 5 nitrogen and oxygen atoms in total. The van der Waals surface area contributed by atoms with Crippen molar-refractivity contribution in [3.05, 3.63) is 65.2 Å². The highest BCUT2D eigenvalue weighted by Crippen LogP contribution is 2.11. The summed E-state index contributed by atoms with van der Waals surface area (Å²) in [4.78, 5) is 17.7. The molecule has 0 heterocycles. The molecule has 0 atom stereocenters. The molecule has 134 valence electrons. The number of carbonyl (C=O) groups is 1. The monoisotopic (exact) mass is 452 g/mol. The number of nitrogens with two attached hydrogens (primary N) is 1. The third-order valence-electron chi connectivity index (χ3n) is 3.65. The number of rotatable bonds is 5. The maximum Gasteiger partial charge on any atom is 0.253 e. The van der Waals surface area contributed by atoms with Gasteiger partial charge in [0, 0.05) is 25.3 Å². The second-order valence-electron chi connectivity index (χ2n) is 5.78. The number of benzene rings is 2. The minimum absolute atomic E-state index is 0. The number of amides is 1. The van der Waals surface area contributed by atoms with Crippen LogP contribution in [-0.2, 0) is 13.0 Å². The van der Waals surface area contributed by atoms with E-state index in [1.165, 1.54) is 5.56 Å². The van der Waals surface area contributed by atoms with Gasteiger partial charge in [0.1, 0.15) is 0 Å². The van der Waals surface area contributed by atoms with E-state index in [-0.39, 0.29) is 29.9 Å². The van der Waals surface area contributed by atoms with Gasteiger partial charge in [-0.1, -0.05) is 31.2 Å². The van der Waals surface area contributed by atoms with Gasteiger partial charge in [0.15, 0.2) is 5.96 Å². The predicted molar refractivity (Wildman–Crippen MR) is 115 cm³/mol. The van der Waals surface area contributed by atoms with Gasteiger partial charge in [0.25, 0.3) is 5.91 Å². The molecule has 0 unspecified atom stereocenters. The van der Waals surface area contributed by atoms with Crippen LogP contribution in [0.3, 0.4) is 0 Å². The number of aliphatic imine (C=N–C) groups is 1. The number of anilines is 1. The minimum atomic E-state index is -0.0120. The van der Waals surface area contributed by atoms with E-state index < -0.39 is 0 Å². The van der Waals surface area contributed by atoms with E-state index in [2.05, 4.69) is 29.4 Å². The summed E-state index contributed by atoms with van der Waals surface area (Å²) in [5, 5.41) is 3.10. The molecule has 0 radical (unpaired) electrons. The van der Waals surface area contributed by atoms with Gasteiger partial charge < -0.3 is 16.0 Å². The van der Waals surface area contributed by atoms with Crippen LogP contribution in [0.1, 0.15) is 28.4 Å². The van der Waals surface area contributed by atoms with Crippen molar-refractivity contribution in [3.8, 4) is 0 Å². The molecule has 6 heteroatoms. The minimum Gasteiger partial charge on any atom is -0.370 e. The van der Waals surface area contributed by atoms with E-state index in [1.807, 2.05) is 36.4 Å². The highest BCUT2D eigenvalue weighted by molar-refractivity contribution is 14.0. The summed E-state index contributed by atoms with van der Waals surface area (Å²) in [6.07, 6.45) is 0.977. The van der Waals surface area contributed by atoms with E-state index >= 15 is 0 Å². The summed E-state index contributed by atoms with van der Waals surface area (Å²) in [6.45, 7) is 2.57. The quantitative estimate of drug-likeness (QED) is 0.415. The van der Waals surface area contributed by atoms with Crippen LogP contribution < -0.4 is 11.1 Å². The summed E-state index contributed by atoms with van der Waals surface area (Å²) in [5.74, 6) is 0.360. The molecular weight excluding hydrogens is 427 g/mol. The first-order valence-electron chi connectivity index (χ1n) is 7.96. The molecule has 0 bridgehead atoms. The van der Waals surface area contributed by atoms with Gasteiger partial charge in [-0.15, -0.1) is 24.0 Å². The Balaban J connectivity index is 0.00000312. The van der Waals surface area contributed by atoms with Crippen molar-refractivity contribution in [2.24, 2.45) is 10.7 Å². The normalized spacial score (nSPS) is 10.8. The third kappa shape index (κ3) is 6.38. The highest BCUT2D eigenvalue weighted by atomic mass is 127. The first-order chi connectivity index (χ1) is 11.5. The Morgan fingerprint density at radius 2 is 1.80 bits per heavy atom. The van der Waals surface area contributed by atoms with E-state index in [9.17, 15) is 4.79 Å². The van der Waals surface area contributed by atoms with Gasteiger partial charge in [-0.3, -0.25) is 4.79 Å². The van der Waals surface area contributed by atoms with Crippen LogP contribution in [0, 0.1) is 0 Å². The number of carbonyl (C=O) groups excluding carboxylic acids is 1. The Morgan fingerprint density at radius 3 is 2.40 bits per heavy atom. The molecule has 0 spiro atoms. The fourth-order valence-electron chi connectivity index (χ4n) is 2.24. The largest absolute Gasteiger partial charge is 0.370 e. The van der Waals surface area contributed by atoms with Crippen LogP contribution in [0.4, 0.5) is 5.69 Å². The summed E-state index contributed by atoms with van der Waals surface area (Å²) < 4.78 is 0. The standard InChI is InChI=1S/C19H24N4O.HI/c1-4-14-6-5-7-17(12-14)22-19(20)21-13-15-8-10-16(11-9-15)18(24)23(2)3;/h5-12H,4,13H2,1-3H3,(H3,20,21,22);1H. The molecule has 0 fully saturated rings. The molecule has 0 aromatic heterocycles.